The Bertz CT molecular complexity index is 933. The van der Waals surface area contributed by atoms with E-state index in [9.17, 15) is 13.2 Å². The molecule has 1 amide bonds. The number of amidine groups is 1. The highest BCUT2D eigenvalue weighted by molar-refractivity contribution is 8.00. The van der Waals surface area contributed by atoms with Gasteiger partial charge in [-0.05, 0) is 32.3 Å². The highest BCUT2D eigenvalue weighted by Crippen LogP contribution is 2.34. The van der Waals surface area contributed by atoms with Gasteiger partial charge in [-0.3, -0.25) is 4.79 Å². The maximum Gasteiger partial charge on any atom is 0.285 e. The molecule has 1 fully saturated rings. The van der Waals surface area contributed by atoms with Gasteiger partial charge in [-0.2, -0.15) is 8.42 Å². The SMILES string of the molecule is CCC[C@@H](C)C(=O)N1CCCN(C2=NS(=O)(=O)C(c3ccc(C)cc3)=C2C)CC1. The second-order valence-electron chi connectivity index (χ2n) is 8.07. The lowest BCUT2D eigenvalue weighted by atomic mass is 10.0. The number of carbonyl (C=O) groups excluding carboxylic acids is 1. The Balaban J connectivity index is 1.80. The summed E-state index contributed by atoms with van der Waals surface area (Å²) in [6, 6.07) is 7.50. The van der Waals surface area contributed by atoms with Gasteiger partial charge in [-0.25, -0.2) is 0 Å². The van der Waals surface area contributed by atoms with Gasteiger partial charge in [-0.1, -0.05) is 50.1 Å². The Morgan fingerprint density at radius 3 is 2.45 bits per heavy atom. The minimum Gasteiger partial charge on any atom is -0.354 e. The summed E-state index contributed by atoms with van der Waals surface area (Å²) >= 11 is 0. The maximum absolute atomic E-state index is 12.8. The molecule has 0 aliphatic carbocycles. The lowest BCUT2D eigenvalue weighted by Crippen LogP contribution is -2.39. The molecule has 2 aliphatic rings. The normalized spacial score (nSPS) is 20.5. The smallest absolute Gasteiger partial charge is 0.285 e. The van der Waals surface area contributed by atoms with Crippen LogP contribution < -0.4 is 0 Å². The summed E-state index contributed by atoms with van der Waals surface area (Å²) in [6.45, 7) is 10.5. The molecule has 0 unspecified atom stereocenters. The average Bonchev–Trinajstić information content (AvgIpc) is 2.83. The van der Waals surface area contributed by atoms with Crippen molar-refractivity contribution >= 4 is 26.7 Å². The number of aryl methyl sites for hydroxylation is 1. The molecule has 2 aliphatic heterocycles. The number of carbonyl (C=O) groups is 1. The number of nitrogens with zero attached hydrogens (tertiary/aromatic N) is 3. The predicted octanol–water partition coefficient (Wildman–Crippen LogP) is 3.44. The summed E-state index contributed by atoms with van der Waals surface area (Å²) in [4.78, 5) is 16.9. The zero-order valence-corrected chi connectivity index (χ0v) is 18.6. The van der Waals surface area contributed by atoms with Crippen LogP contribution in [0.3, 0.4) is 0 Å². The molecule has 2 heterocycles. The molecule has 158 valence electrons. The fourth-order valence-corrected chi connectivity index (χ4v) is 5.59. The first-order valence-corrected chi connectivity index (χ1v) is 11.9. The first kappa shape index (κ1) is 21.6. The number of sulfonamides is 1. The Kier molecular flexibility index (Phi) is 6.46. The molecule has 0 spiro atoms. The maximum atomic E-state index is 12.8. The lowest BCUT2D eigenvalue weighted by Gasteiger charge is -2.25. The van der Waals surface area contributed by atoms with E-state index in [4.69, 9.17) is 0 Å². The van der Waals surface area contributed by atoms with Crippen LogP contribution in [0.25, 0.3) is 4.91 Å². The molecule has 6 nitrogen and oxygen atoms in total. The van der Waals surface area contributed by atoms with Crippen molar-refractivity contribution in [2.45, 2.75) is 47.0 Å². The van der Waals surface area contributed by atoms with E-state index >= 15 is 0 Å². The Labute approximate surface area is 174 Å². The van der Waals surface area contributed by atoms with Crippen molar-refractivity contribution in [2.24, 2.45) is 10.3 Å². The second-order valence-corrected chi connectivity index (χ2v) is 9.61. The number of rotatable bonds is 4. The van der Waals surface area contributed by atoms with Crippen molar-refractivity contribution in [2.75, 3.05) is 26.2 Å². The number of amides is 1. The summed E-state index contributed by atoms with van der Waals surface area (Å²) in [5, 5.41) is 0. The third-order valence-corrected chi connectivity index (χ3v) is 7.18. The summed E-state index contributed by atoms with van der Waals surface area (Å²) in [5.74, 6) is 0.754. The van der Waals surface area contributed by atoms with Gasteiger partial charge in [0.05, 0.1) is 0 Å². The fourth-order valence-electron chi connectivity index (χ4n) is 4.11. The van der Waals surface area contributed by atoms with Crippen molar-refractivity contribution in [3.63, 3.8) is 0 Å². The van der Waals surface area contributed by atoms with Crippen molar-refractivity contribution in [3.8, 4) is 0 Å². The van der Waals surface area contributed by atoms with E-state index in [1.165, 1.54) is 0 Å². The molecule has 1 aromatic carbocycles. The standard InChI is InChI=1S/C22H31N3O3S/c1-5-7-17(3)22(26)25-13-6-12-24(14-15-25)21-18(4)20(29(27,28)23-21)19-10-8-16(2)9-11-19/h8-11,17H,5-7,12-15H2,1-4H3/t17-/m1/s1. The summed E-state index contributed by atoms with van der Waals surface area (Å²) in [6.07, 6.45) is 2.69. The van der Waals surface area contributed by atoms with E-state index in [2.05, 4.69) is 11.3 Å². The number of hydrogen-bond donors (Lipinski definition) is 0. The largest absolute Gasteiger partial charge is 0.354 e. The van der Waals surface area contributed by atoms with Crippen LogP contribution in [0.5, 0.6) is 0 Å². The van der Waals surface area contributed by atoms with Crippen LogP contribution >= 0.6 is 0 Å². The molecule has 7 heteroatoms. The van der Waals surface area contributed by atoms with Crippen LogP contribution in [0.2, 0.25) is 0 Å². The number of hydrogen-bond acceptors (Lipinski definition) is 4. The minimum atomic E-state index is -3.72. The molecular formula is C22H31N3O3S. The zero-order valence-electron chi connectivity index (χ0n) is 17.8. The zero-order chi connectivity index (χ0) is 21.2. The van der Waals surface area contributed by atoms with Crippen LogP contribution in [0.15, 0.2) is 34.2 Å². The van der Waals surface area contributed by atoms with Gasteiger partial charge in [-0.15, -0.1) is 4.40 Å². The molecule has 1 aromatic rings. The summed E-state index contributed by atoms with van der Waals surface area (Å²) in [5.41, 5.74) is 2.44. The van der Waals surface area contributed by atoms with Crippen LogP contribution in [0.1, 0.15) is 51.2 Å². The van der Waals surface area contributed by atoms with E-state index in [1.54, 1.807) is 0 Å². The third kappa shape index (κ3) is 4.55. The molecule has 0 radical (unpaired) electrons. The van der Waals surface area contributed by atoms with Gasteiger partial charge in [0.15, 0.2) is 0 Å². The molecule has 0 bridgehead atoms. The monoisotopic (exact) mass is 417 g/mol. The molecule has 0 saturated carbocycles. The first-order chi connectivity index (χ1) is 13.7. The lowest BCUT2D eigenvalue weighted by molar-refractivity contribution is -0.135. The van der Waals surface area contributed by atoms with E-state index in [0.717, 1.165) is 24.8 Å². The van der Waals surface area contributed by atoms with Crippen LogP contribution in [-0.2, 0) is 14.8 Å². The van der Waals surface area contributed by atoms with Gasteiger partial charge in [0.2, 0.25) is 5.91 Å². The average molecular weight is 418 g/mol. The molecule has 0 aromatic heterocycles. The highest BCUT2D eigenvalue weighted by Gasteiger charge is 2.34. The highest BCUT2D eigenvalue weighted by atomic mass is 32.2. The van der Waals surface area contributed by atoms with Crippen LogP contribution in [0, 0.1) is 12.8 Å². The van der Waals surface area contributed by atoms with E-state index in [0.29, 0.717) is 48.1 Å². The fraction of sp³-hybridized carbons (Fsp3) is 0.545. The summed E-state index contributed by atoms with van der Waals surface area (Å²) in [7, 11) is -3.72. The molecule has 1 saturated heterocycles. The van der Waals surface area contributed by atoms with Gasteiger partial charge in [0.1, 0.15) is 10.7 Å². The van der Waals surface area contributed by atoms with Crippen molar-refractivity contribution < 1.29 is 13.2 Å². The second kappa shape index (κ2) is 8.69. The van der Waals surface area contributed by atoms with Crippen molar-refractivity contribution in [1.29, 1.82) is 0 Å². The topological polar surface area (TPSA) is 70.1 Å². The van der Waals surface area contributed by atoms with Gasteiger partial charge in [0.25, 0.3) is 10.0 Å². The van der Waals surface area contributed by atoms with E-state index < -0.39 is 10.0 Å². The summed E-state index contributed by atoms with van der Waals surface area (Å²) < 4.78 is 29.7. The molecule has 0 N–H and O–H groups in total. The van der Waals surface area contributed by atoms with Gasteiger partial charge >= 0.3 is 0 Å². The predicted molar refractivity (Wildman–Crippen MR) is 117 cm³/mol. The van der Waals surface area contributed by atoms with Crippen LogP contribution in [-0.4, -0.2) is 56.1 Å². The molecular weight excluding hydrogens is 386 g/mol. The quantitative estimate of drug-likeness (QED) is 0.752. The van der Waals surface area contributed by atoms with E-state index in [-0.39, 0.29) is 11.8 Å². The third-order valence-electron chi connectivity index (χ3n) is 5.70. The Hall–Kier alpha value is -2.15. The molecule has 3 rings (SSSR count). The Morgan fingerprint density at radius 1 is 1.10 bits per heavy atom. The van der Waals surface area contributed by atoms with Crippen molar-refractivity contribution in [1.82, 2.24) is 9.80 Å². The van der Waals surface area contributed by atoms with Crippen LogP contribution in [0.4, 0.5) is 0 Å². The minimum absolute atomic E-state index is 0.0329. The first-order valence-electron chi connectivity index (χ1n) is 10.4. The van der Waals surface area contributed by atoms with Crippen molar-refractivity contribution in [3.05, 3.63) is 41.0 Å². The Morgan fingerprint density at radius 2 is 1.79 bits per heavy atom. The molecule has 1 atom stereocenters. The molecule has 29 heavy (non-hydrogen) atoms. The van der Waals surface area contributed by atoms with Gasteiger partial charge in [0, 0.05) is 37.7 Å². The van der Waals surface area contributed by atoms with Gasteiger partial charge < -0.3 is 9.80 Å². The number of benzene rings is 1. The van der Waals surface area contributed by atoms with E-state index in [1.807, 2.05) is 54.8 Å².